The van der Waals surface area contributed by atoms with E-state index in [-0.39, 0.29) is 6.54 Å². The molecule has 3 aromatic rings. The largest absolute Gasteiger partial charge is 0.467 e. The minimum atomic E-state index is -0.723. The van der Waals surface area contributed by atoms with Crippen LogP contribution in [0.25, 0.3) is 10.6 Å². The molecule has 6 nitrogen and oxygen atoms in total. The van der Waals surface area contributed by atoms with Crippen LogP contribution in [-0.2, 0) is 16.1 Å². The van der Waals surface area contributed by atoms with Gasteiger partial charge in [0.25, 0.3) is 0 Å². The van der Waals surface area contributed by atoms with Crippen molar-refractivity contribution in [1.29, 1.82) is 0 Å². The van der Waals surface area contributed by atoms with Crippen LogP contribution in [0.4, 0.5) is 5.69 Å². The molecule has 2 aromatic heterocycles. The second-order valence-corrected chi connectivity index (χ2v) is 5.95. The number of hydrogen-bond donors (Lipinski definition) is 2. The standard InChI is InChI=1S/C17H15N3O3S/c1-11-10-24-17(19-11)12-4-6-13(7-5-12)20-16(22)15(21)18-9-14-3-2-8-23-14/h2-8,10H,9H2,1H3,(H,18,21)(H,20,22). The van der Waals surface area contributed by atoms with Gasteiger partial charge in [-0.05, 0) is 43.3 Å². The Morgan fingerprint density at radius 3 is 2.58 bits per heavy atom. The molecule has 2 heterocycles. The summed E-state index contributed by atoms with van der Waals surface area (Å²) in [6.45, 7) is 2.11. The maximum atomic E-state index is 11.9. The van der Waals surface area contributed by atoms with E-state index in [0.717, 1.165) is 16.3 Å². The Labute approximate surface area is 142 Å². The second-order valence-electron chi connectivity index (χ2n) is 5.09. The van der Waals surface area contributed by atoms with Crippen molar-refractivity contribution in [3.05, 3.63) is 59.5 Å². The van der Waals surface area contributed by atoms with E-state index in [1.807, 2.05) is 24.4 Å². The van der Waals surface area contributed by atoms with Crippen molar-refractivity contribution in [1.82, 2.24) is 10.3 Å². The molecule has 0 saturated carbocycles. The smallest absolute Gasteiger partial charge is 0.313 e. The van der Waals surface area contributed by atoms with Crippen LogP contribution in [0.5, 0.6) is 0 Å². The third-order valence-electron chi connectivity index (χ3n) is 3.22. The zero-order chi connectivity index (χ0) is 16.9. The number of thiazole rings is 1. The predicted octanol–water partition coefficient (Wildman–Crippen LogP) is 2.97. The molecular formula is C17H15N3O3S. The number of nitrogens with zero attached hydrogens (tertiary/aromatic N) is 1. The average Bonchev–Trinajstić information content (AvgIpc) is 3.25. The molecule has 2 amide bonds. The van der Waals surface area contributed by atoms with Crippen LogP contribution < -0.4 is 10.6 Å². The Morgan fingerprint density at radius 1 is 1.17 bits per heavy atom. The van der Waals surface area contributed by atoms with Gasteiger partial charge in [-0.25, -0.2) is 4.98 Å². The summed E-state index contributed by atoms with van der Waals surface area (Å²) in [4.78, 5) is 28.0. The van der Waals surface area contributed by atoms with Crippen molar-refractivity contribution in [2.24, 2.45) is 0 Å². The summed E-state index contributed by atoms with van der Waals surface area (Å²) in [6, 6.07) is 10.6. The number of carbonyl (C=O) groups excluding carboxylic acids is 2. The number of furan rings is 1. The van der Waals surface area contributed by atoms with E-state index >= 15 is 0 Å². The van der Waals surface area contributed by atoms with Gasteiger partial charge in [0.2, 0.25) is 0 Å². The second kappa shape index (κ2) is 7.10. The topological polar surface area (TPSA) is 84.2 Å². The first-order valence-electron chi connectivity index (χ1n) is 7.26. The Kier molecular flexibility index (Phi) is 4.72. The third kappa shape index (κ3) is 3.88. The maximum absolute atomic E-state index is 11.9. The number of amides is 2. The van der Waals surface area contributed by atoms with E-state index in [4.69, 9.17) is 4.42 Å². The van der Waals surface area contributed by atoms with Crippen molar-refractivity contribution in [2.45, 2.75) is 13.5 Å². The molecule has 24 heavy (non-hydrogen) atoms. The molecular weight excluding hydrogens is 326 g/mol. The van der Waals surface area contributed by atoms with E-state index in [1.165, 1.54) is 6.26 Å². The van der Waals surface area contributed by atoms with Crippen LogP contribution in [-0.4, -0.2) is 16.8 Å². The van der Waals surface area contributed by atoms with Crippen LogP contribution in [0.3, 0.4) is 0 Å². The highest BCUT2D eigenvalue weighted by Crippen LogP contribution is 2.24. The molecule has 122 valence electrons. The van der Waals surface area contributed by atoms with E-state index in [9.17, 15) is 9.59 Å². The predicted molar refractivity (Wildman–Crippen MR) is 91.5 cm³/mol. The van der Waals surface area contributed by atoms with Crippen LogP contribution in [0.1, 0.15) is 11.5 Å². The van der Waals surface area contributed by atoms with E-state index < -0.39 is 11.8 Å². The van der Waals surface area contributed by atoms with Crippen LogP contribution in [0.2, 0.25) is 0 Å². The quantitative estimate of drug-likeness (QED) is 0.715. The first-order chi connectivity index (χ1) is 11.6. The number of benzene rings is 1. The van der Waals surface area contributed by atoms with E-state index in [0.29, 0.717) is 11.4 Å². The van der Waals surface area contributed by atoms with Gasteiger partial charge in [-0.3, -0.25) is 9.59 Å². The summed E-state index contributed by atoms with van der Waals surface area (Å²) < 4.78 is 5.09. The minimum absolute atomic E-state index is 0.168. The molecule has 0 saturated heterocycles. The minimum Gasteiger partial charge on any atom is -0.467 e. The summed E-state index contributed by atoms with van der Waals surface area (Å²) in [5.74, 6) is -0.857. The first kappa shape index (κ1) is 15.9. The van der Waals surface area contributed by atoms with Gasteiger partial charge in [0.15, 0.2) is 0 Å². The lowest BCUT2D eigenvalue weighted by molar-refractivity contribution is -0.136. The molecule has 2 N–H and O–H groups in total. The Bertz CT molecular complexity index is 838. The van der Waals surface area contributed by atoms with Gasteiger partial charge in [-0.1, -0.05) is 0 Å². The van der Waals surface area contributed by atoms with Gasteiger partial charge in [-0.15, -0.1) is 11.3 Å². The van der Waals surface area contributed by atoms with Crippen molar-refractivity contribution in [3.63, 3.8) is 0 Å². The number of nitrogens with one attached hydrogen (secondary N) is 2. The normalized spacial score (nSPS) is 10.4. The van der Waals surface area contributed by atoms with Crippen molar-refractivity contribution >= 4 is 28.8 Å². The van der Waals surface area contributed by atoms with Crippen molar-refractivity contribution in [3.8, 4) is 10.6 Å². The number of anilines is 1. The average molecular weight is 341 g/mol. The van der Waals surface area contributed by atoms with Crippen LogP contribution in [0.15, 0.2) is 52.5 Å². The number of aromatic nitrogens is 1. The highest BCUT2D eigenvalue weighted by atomic mass is 32.1. The number of hydrogen-bond acceptors (Lipinski definition) is 5. The molecule has 0 spiro atoms. The lowest BCUT2D eigenvalue weighted by Gasteiger charge is -2.06. The lowest BCUT2D eigenvalue weighted by atomic mass is 10.2. The molecule has 0 fully saturated rings. The Balaban J connectivity index is 1.57. The molecule has 0 atom stereocenters. The van der Waals surface area contributed by atoms with Gasteiger partial charge in [0.05, 0.1) is 12.8 Å². The molecule has 7 heteroatoms. The highest BCUT2D eigenvalue weighted by Gasteiger charge is 2.14. The van der Waals surface area contributed by atoms with Gasteiger partial charge < -0.3 is 15.1 Å². The van der Waals surface area contributed by atoms with Crippen LogP contribution in [0, 0.1) is 6.92 Å². The summed E-state index contributed by atoms with van der Waals surface area (Å²) in [5.41, 5.74) is 2.49. The number of rotatable bonds is 4. The van der Waals surface area contributed by atoms with Gasteiger partial charge in [0, 0.05) is 22.3 Å². The molecule has 0 aliphatic heterocycles. The Morgan fingerprint density at radius 2 is 1.96 bits per heavy atom. The van der Waals surface area contributed by atoms with Crippen molar-refractivity contribution in [2.75, 3.05) is 5.32 Å². The number of carbonyl (C=O) groups is 2. The first-order valence-corrected chi connectivity index (χ1v) is 8.14. The fraction of sp³-hybridized carbons (Fsp3) is 0.118. The summed E-state index contributed by atoms with van der Waals surface area (Å²) in [5, 5.41) is 7.95. The summed E-state index contributed by atoms with van der Waals surface area (Å²) >= 11 is 1.56. The van der Waals surface area contributed by atoms with Crippen molar-refractivity contribution < 1.29 is 14.0 Å². The lowest BCUT2D eigenvalue weighted by Crippen LogP contribution is -2.34. The third-order valence-corrected chi connectivity index (χ3v) is 4.23. The molecule has 3 rings (SSSR count). The molecule has 0 bridgehead atoms. The fourth-order valence-electron chi connectivity index (χ4n) is 2.03. The van der Waals surface area contributed by atoms with Gasteiger partial charge in [0.1, 0.15) is 10.8 Å². The van der Waals surface area contributed by atoms with E-state index in [2.05, 4.69) is 15.6 Å². The summed E-state index contributed by atoms with van der Waals surface area (Å²) in [6.07, 6.45) is 1.51. The van der Waals surface area contributed by atoms with E-state index in [1.54, 1.807) is 35.6 Å². The van der Waals surface area contributed by atoms with Crippen LogP contribution >= 0.6 is 11.3 Å². The number of aryl methyl sites for hydroxylation is 1. The summed E-state index contributed by atoms with van der Waals surface area (Å²) in [7, 11) is 0. The Hall–Kier alpha value is -2.93. The molecule has 0 unspecified atom stereocenters. The zero-order valence-corrected chi connectivity index (χ0v) is 13.7. The SMILES string of the molecule is Cc1csc(-c2ccc(NC(=O)C(=O)NCc3ccco3)cc2)n1. The maximum Gasteiger partial charge on any atom is 0.313 e. The molecule has 0 radical (unpaired) electrons. The monoisotopic (exact) mass is 341 g/mol. The fourth-order valence-corrected chi connectivity index (χ4v) is 2.84. The zero-order valence-electron chi connectivity index (χ0n) is 12.9. The van der Waals surface area contributed by atoms with Gasteiger partial charge in [-0.2, -0.15) is 0 Å². The highest BCUT2D eigenvalue weighted by molar-refractivity contribution is 7.13. The molecule has 1 aromatic carbocycles. The van der Waals surface area contributed by atoms with Gasteiger partial charge >= 0.3 is 11.8 Å². The molecule has 0 aliphatic carbocycles. The molecule has 0 aliphatic rings.